The van der Waals surface area contributed by atoms with Crippen LogP contribution in [-0.2, 0) is 0 Å². The molecule has 0 radical (unpaired) electrons. The molecule has 2 aromatic heterocycles. The van der Waals surface area contributed by atoms with E-state index >= 15 is 0 Å². The largest absolute Gasteiger partial charge is 0.472 e. The van der Waals surface area contributed by atoms with Crippen LogP contribution in [0.15, 0.2) is 48.9 Å². The second kappa shape index (κ2) is 6.99. The minimum Gasteiger partial charge on any atom is -0.472 e. The molecule has 1 amide bonds. The highest BCUT2D eigenvalue weighted by molar-refractivity contribution is 5.98. The van der Waals surface area contributed by atoms with Gasteiger partial charge in [0.2, 0.25) is 5.88 Å². The number of hydrogen-bond acceptors (Lipinski definition) is 5. The molecule has 2 aliphatic rings. The lowest BCUT2D eigenvalue weighted by Gasteiger charge is -2.33. The number of aromatic nitrogens is 4. The van der Waals surface area contributed by atoms with E-state index in [-0.39, 0.29) is 18.1 Å². The Kier molecular flexibility index (Phi) is 4.30. The highest BCUT2D eigenvalue weighted by atomic mass is 16.5. The topological polar surface area (TPSA) is 73.1 Å². The molecule has 2 fully saturated rings. The van der Waals surface area contributed by atoms with Crippen LogP contribution in [0.5, 0.6) is 5.88 Å². The normalized spacial score (nSPS) is 22.8. The molecule has 2 bridgehead atoms. The molecule has 0 N–H and O–H groups in total. The van der Waals surface area contributed by atoms with Gasteiger partial charge in [0.05, 0.1) is 24.0 Å². The average molecular weight is 389 g/mol. The van der Waals surface area contributed by atoms with Crippen molar-refractivity contribution in [3.8, 4) is 11.6 Å². The first-order valence-electron chi connectivity index (χ1n) is 9.97. The molecule has 3 heterocycles. The maximum atomic E-state index is 13.5. The third-order valence-corrected chi connectivity index (χ3v) is 5.93. The molecule has 3 unspecified atom stereocenters. The van der Waals surface area contributed by atoms with E-state index in [0.29, 0.717) is 17.4 Å². The minimum absolute atomic E-state index is 0.0127. The van der Waals surface area contributed by atoms with Gasteiger partial charge in [0.25, 0.3) is 5.91 Å². The third-order valence-electron chi connectivity index (χ3n) is 5.93. The van der Waals surface area contributed by atoms with Gasteiger partial charge in [-0.15, -0.1) is 0 Å². The van der Waals surface area contributed by atoms with Gasteiger partial charge in [0.15, 0.2) is 0 Å². The summed E-state index contributed by atoms with van der Waals surface area (Å²) in [5, 5.41) is 8.49. The first-order chi connectivity index (χ1) is 14.1. The summed E-state index contributed by atoms with van der Waals surface area (Å²) < 4.78 is 6.17. The number of para-hydroxylation sites is 1. The number of nitrogens with zero attached hydrogens (tertiary/aromatic N) is 5. The van der Waals surface area contributed by atoms with Gasteiger partial charge in [-0.1, -0.05) is 18.2 Å². The predicted octanol–water partition coefficient (Wildman–Crippen LogP) is 2.96. The van der Waals surface area contributed by atoms with Crippen LogP contribution in [0.4, 0.5) is 0 Å². The molecule has 1 aromatic carbocycles. The van der Waals surface area contributed by atoms with Gasteiger partial charge >= 0.3 is 0 Å². The van der Waals surface area contributed by atoms with E-state index in [9.17, 15) is 4.79 Å². The molecule has 148 valence electrons. The van der Waals surface area contributed by atoms with Crippen molar-refractivity contribution in [3.05, 3.63) is 65.6 Å². The molecular weight excluding hydrogens is 366 g/mol. The van der Waals surface area contributed by atoms with Crippen molar-refractivity contribution in [1.29, 1.82) is 0 Å². The molecule has 1 saturated carbocycles. The van der Waals surface area contributed by atoms with Crippen molar-refractivity contribution in [2.45, 2.75) is 38.8 Å². The number of aryl methyl sites for hydroxylation is 2. The van der Waals surface area contributed by atoms with Gasteiger partial charge in [-0.05, 0) is 49.8 Å². The maximum absolute atomic E-state index is 13.5. The fourth-order valence-corrected chi connectivity index (χ4v) is 4.59. The molecule has 3 aromatic rings. The number of benzene rings is 1. The quantitative estimate of drug-likeness (QED) is 0.686. The van der Waals surface area contributed by atoms with Crippen LogP contribution in [-0.4, -0.2) is 49.5 Å². The molecule has 1 saturated heterocycles. The van der Waals surface area contributed by atoms with Crippen LogP contribution in [0.2, 0.25) is 0 Å². The lowest BCUT2D eigenvalue weighted by Crippen LogP contribution is -2.47. The molecule has 0 spiro atoms. The predicted molar refractivity (Wildman–Crippen MR) is 107 cm³/mol. The van der Waals surface area contributed by atoms with E-state index in [1.807, 2.05) is 55.3 Å². The summed E-state index contributed by atoms with van der Waals surface area (Å²) in [6, 6.07) is 9.70. The number of piperidine rings is 1. The number of fused-ring (bicyclic) bond motifs is 2. The number of hydrogen-bond donors (Lipinski definition) is 0. The maximum Gasteiger partial charge on any atom is 0.256 e. The fourth-order valence-electron chi connectivity index (χ4n) is 4.59. The van der Waals surface area contributed by atoms with Gasteiger partial charge in [-0.25, -0.2) is 4.98 Å². The van der Waals surface area contributed by atoms with E-state index in [1.54, 1.807) is 12.4 Å². The van der Waals surface area contributed by atoms with E-state index in [4.69, 9.17) is 4.74 Å². The van der Waals surface area contributed by atoms with Crippen LogP contribution in [0.25, 0.3) is 5.69 Å². The Balaban J connectivity index is 1.41. The van der Waals surface area contributed by atoms with E-state index in [2.05, 4.69) is 15.2 Å². The Hall–Kier alpha value is -3.22. The lowest BCUT2D eigenvalue weighted by molar-refractivity contribution is 0.0466. The summed E-state index contributed by atoms with van der Waals surface area (Å²) in [7, 11) is 0. The van der Waals surface area contributed by atoms with Crippen LogP contribution < -0.4 is 4.74 Å². The van der Waals surface area contributed by atoms with E-state index < -0.39 is 0 Å². The van der Waals surface area contributed by atoms with Crippen LogP contribution >= 0.6 is 0 Å². The SMILES string of the molecule is Cc1ccc(OC2CC3CC2N(C(=O)c2cccc(C)c2-n2nccn2)C3)nc1. The van der Waals surface area contributed by atoms with Crippen molar-refractivity contribution >= 4 is 5.91 Å². The second-order valence-corrected chi connectivity index (χ2v) is 7.98. The molecule has 1 aliphatic carbocycles. The summed E-state index contributed by atoms with van der Waals surface area (Å²) >= 11 is 0. The van der Waals surface area contributed by atoms with Crippen molar-refractivity contribution in [2.75, 3.05) is 6.54 Å². The number of pyridine rings is 1. The minimum atomic E-state index is -0.0241. The molecular formula is C22H23N5O2. The zero-order valence-corrected chi connectivity index (χ0v) is 16.5. The van der Waals surface area contributed by atoms with Crippen molar-refractivity contribution in [1.82, 2.24) is 24.9 Å². The van der Waals surface area contributed by atoms with E-state index in [1.165, 1.54) is 4.80 Å². The Morgan fingerprint density at radius 2 is 1.93 bits per heavy atom. The monoisotopic (exact) mass is 389 g/mol. The zero-order valence-electron chi connectivity index (χ0n) is 16.5. The van der Waals surface area contributed by atoms with Crippen molar-refractivity contribution in [3.63, 3.8) is 0 Å². The Morgan fingerprint density at radius 3 is 2.66 bits per heavy atom. The zero-order chi connectivity index (χ0) is 20.0. The molecule has 5 rings (SSSR count). The highest BCUT2D eigenvalue weighted by Crippen LogP contribution is 2.40. The standard InChI is InChI=1S/C22H23N5O2/c1-14-6-7-20(23-12-14)29-19-11-16-10-18(19)26(13-16)22(28)17-5-3-4-15(2)21(17)27-24-8-9-25-27/h3-9,12,16,18-19H,10-11,13H2,1-2H3. The molecule has 3 atom stereocenters. The second-order valence-electron chi connectivity index (χ2n) is 7.98. The molecule has 7 heteroatoms. The summed E-state index contributed by atoms with van der Waals surface area (Å²) in [4.78, 5) is 21.4. The molecule has 29 heavy (non-hydrogen) atoms. The third kappa shape index (κ3) is 3.16. The first kappa shape index (κ1) is 17.8. The summed E-state index contributed by atoms with van der Waals surface area (Å²) in [5.74, 6) is 1.10. The number of amides is 1. The highest BCUT2D eigenvalue weighted by Gasteiger charge is 2.48. The number of carbonyl (C=O) groups excluding carboxylic acids is 1. The van der Waals surface area contributed by atoms with Crippen LogP contribution in [0.3, 0.4) is 0 Å². The average Bonchev–Trinajstić information content (AvgIpc) is 3.46. The van der Waals surface area contributed by atoms with Crippen molar-refractivity contribution < 1.29 is 9.53 Å². The number of likely N-dealkylation sites (tertiary alicyclic amines) is 1. The Bertz CT molecular complexity index is 1030. The Morgan fingerprint density at radius 1 is 1.10 bits per heavy atom. The lowest BCUT2D eigenvalue weighted by atomic mass is 10.0. The van der Waals surface area contributed by atoms with E-state index in [0.717, 1.165) is 36.2 Å². The fraction of sp³-hybridized carbons (Fsp3) is 0.364. The van der Waals surface area contributed by atoms with Crippen LogP contribution in [0.1, 0.15) is 34.3 Å². The molecule has 7 nitrogen and oxygen atoms in total. The molecule has 1 aliphatic heterocycles. The van der Waals surface area contributed by atoms with Crippen LogP contribution in [0, 0.1) is 19.8 Å². The summed E-state index contributed by atoms with van der Waals surface area (Å²) in [5.41, 5.74) is 3.43. The first-order valence-corrected chi connectivity index (χ1v) is 9.97. The van der Waals surface area contributed by atoms with Gasteiger partial charge in [0.1, 0.15) is 11.8 Å². The smallest absolute Gasteiger partial charge is 0.256 e. The van der Waals surface area contributed by atoms with Gasteiger partial charge in [-0.2, -0.15) is 15.0 Å². The number of carbonyl (C=O) groups is 1. The summed E-state index contributed by atoms with van der Waals surface area (Å²) in [6.45, 7) is 4.74. The Labute approximate surface area is 169 Å². The van der Waals surface area contributed by atoms with Gasteiger partial charge in [-0.3, -0.25) is 4.79 Å². The summed E-state index contributed by atoms with van der Waals surface area (Å²) in [6.07, 6.45) is 6.97. The van der Waals surface area contributed by atoms with Gasteiger partial charge in [0, 0.05) is 18.8 Å². The van der Waals surface area contributed by atoms with Crippen molar-refractivity contribution in [2.24, 2.45) is 5.92 Å². The van der Waals surface area contributed by atoms with Gasteiger partial charge < -0.3 is 9.64 Å². The number of ether oxygens (including phenoxy) is 1. The number of rotatable bonds is 4.